The molecule has 1 amide bonds. The smallest absolute Gasteiger partial charge is 0.256 e. The van der Waals surface area contributed by atoms with Gasteiger partial charge in [0.25, 0.3) is 5.91 Å². The molecular formula is C15H16N2O2. The molecule has 0 fully saturated rings. The maximum Gasteiger partial charge on any atom is 0.256 e. The van der Waals surface area contributed by atoms with Crippen molar-refractivity contribution in [3.05, 3.63) is 48.1 Å². The Balaban J connectivity index is 2.04. The monoisotopic (exact) mass is 256 g/mol. The maximum absolute atomic E-state index is 12.0. The van der Waals surface area contributed by atoms with Gasteiger partial charge in [0.2, 0.25) is 0 Å². The normalized spacial score (nSPS) is 14.4. The summed E-state index contributed by atoms with van der Waals surface area (Å²) in [5.41, 5.74) is 1.83. The minimum Gasteiger partial charge on any atom is -0.508 e. The highest BCUT2D eigenvalue weighted by molar-refractivity contribution is 6.14. The second-order valence-electron chi connectivity index (χ2n) is 4.32. The number of benzene rings is 1. The summed E-state index contributed by atoms with van der Waals surface area (Å²) in [6.07, 6.45) is 5.31. The Hall–Kier alpha value is -2.36. The van der Waals surface area contributed by atoms with Crippen molar-refractivity contribution in [1.29, 1.82) is 0 Å². The standard InChI is InChI=1S/C15H16N2O2/c1-11(12-5-7-14(18)8-6-12)17-15(19)13-4-2-3-9-16-10-13/h4-8,10,18H,1-3,9H2,(H,17,19). The van der Waals surface area contributed by atoms with E-state index in [9.17, 15) is 9.90 Å². The summed E-state index contributed by atoms with van der Waals surface area (Å²) in [5.74, 6) is -0.0230. The molecule has 0 spiro atoms. The van der Waals surface area contributed by atoms with Crippen LogP contribution in [0.5, 0.6) is 5.75 Å². The molecule has 0 aliphatic carbocycles. The number of aliphatic imine (C=N–C) groups is 1. The van der Waals surface area contributed by atoms with Gasteiger partial charge in [-0.15, -0.1) is 0 Å². The summed E-state index contributed by atoms with van der Waals surface area (Å²) >= 11 is 0. The van der Waals surface area contributed by atoms with E-state index in [1.165, 1.54) is 0 Å². The van der Waals surface area contributed by atoms with Crippen molar-refractivity contribution in [3.8, 4) is 5.75 Å². The van der Waals surface area contributed by atoms with Gasteiger partial charge in [-0.05, 0) is 42.7 Å². The molecule has 1 aromatic rings. The largest absolute Gasteiger partial charge is 0.508 e. The first-order valence-corrected chi connectivity index (χ1v) is 6.16. The first-order valence-electron chi connectivity index (χ1n) is 6.16. The Labute approximate surface area is 112 Å². The number of hydrogen-bond acceptors (Lipinski definition) is 3. The highest BCUT2D eigenvalue weighted by Gasteiger charge is 2.10. The summed E-state index contributed by atoms with van der Waals surface area (Å²) in [4.78, 5) is 16.2. The predicted molar refractivity (Wildman–Crippen MR) is 76.0 cm³/mol. The van der Waals surface area contributed by atoms with E-state index in [-0.39, 0.29) is 11.7 Å². The molecule has 0 unspecified atom stereocenters. The molecule has 4 heteroatoms. The molecule has 2 rings (SSSR count). The first-order chi connectivity index (χ1) is 9.16. The molecule has 0 radical (unpaired) electrons. The Morgan fingerprint density at radius 2 is 2.05 bits per heavy atom. The van der Waals surface area contributed by atoms with Crippen LogP contribution in [0.15, 0.2) is 47.5 Å². The van der Waals surface area contributed by atoms with Crippen LogP contribution in [0.3, 0.4) is 0 Å². The number of carbonyl (C=O) groups is 1. The number of hydrogen-bond donors (Lipinski definition) is 2. The van der Waals surface area contributed by atoms with Gasteiger partial charge in [-0.3, -0.25) is 9.79 Å². The van der Waals surface area contributed by atoms with Crippen molar-refractivity contribution in [2.24, 2.45) is 4.99 Å². The molecule has 0 atom stereocenters. The average Bonchev–Trinajstić information content (AvgIpc) is 2.68. The van der Waals surface area contributed by atoms with E-state index in [1.807, 2.05) is 6.08 Å². The molecule has 1 aliphatic heterocycles. The van der Waals surface area contributed by atoms with E-state index < -0.39 is 0 Å². The minimum atomic E-state index is -0.205. The molecule has 1 aromatic carbocycles. The fraction of sp³-hybridized carbons (Fsp3) is 0.200. The van der Waals surface area contributed by atoms with E-state index in [0.717, 1.165) is 24.9 Å². The zero-order valence-electron chi connectivity index (χ0n) is 10.6. The predicted octanol–water partition coefficient (Wildman–Crippen LogP) is 2.27. The van der Waals surface area contributed by atoms with Crippen LogP contribution < -0.4 is 5.32 Å². The molecule has 2 N–H and O–H groups in total. The SMILES string of the molecule is C=C(NC(=O)C1=CCCCN=C1)c1ccc(O)cc1. The third-order valence-electron chi connectivity index (χ3n) is 2.83. The number of nitrogens with one attached hydrogen (secondary N) is 1. The highest BCUT2D eigenvalue weighted by atomic mass is 16.3. The lowest BCUT2D eigenvalue weighted by Crippen LogP contribution is -2.23. The zero-order chi connectivity index (χ0) is 13.7. The first kappa shape index (κ1) is 13.1. The molecule has 1 heterocycles. The molecular weight excluding hydrogens is 240 g/mol. The van der Waals surface area contributed by atoms with Gasteiger partial charge in [0.1, 0.15) is 5.75 Å². The van der Waals surface area contributed by atoms with E-state index in [2.05, 4.69) is 16.9 Å². The third kappa shape index (κ3) is 3.55. The van der Waals surface area contributed by atoms with Crippen molar-refractivity contribution in [2.75, 3.05) is 6.54 Å². The van der Waals surface area contributed by atoms with Gasteiger partial charge in [0.05, 0.1) is 5.57 Å². The van der Waals surface area contributed by atoms with Gasteiger partial charge in [-0.2, -0.15) is 0 Å². The fourth-order valence-corrected chi connectivity index (χ4v) is 1.75. The Morgan fingerprint density at radius 3 is 2.79 bits per heavy atom. The number of phenolic OH excluding ortho intramolecular Hbond substituents is 1. The third-order valence-corrected chi connectivity index (χ3v) is 2.83. The van der Waals surface area contributed by atoms with Crippen LogP contribution >= 0.6 is 0 Å². The number of nitrogens with zero attached hydrogens (tertiary/aromatic N) is 1. The van der Waals surface area contributed by atoms with Crippen LogP contribution in [0.2, 0.25) is 0 Å². The molecule has 0 saturated carbocycles. The summed E-state index contributed by atoms with van der Waals surface area (Å²) < 4.78 is 0. The minimum absolute atomic E-state index is 0.182. The van der Waals surface area contributed by atoms with E-state index in [1.54, 1.807) is 30.5 Å². The van der Waals surface area contributed by atoms with E-state index >= 15 is 0 Å². The van der Waals surface area contributed by atoms with E-state index in [0.29, 0.717) is 11.3 Å². The van der Waals surface area contributed by atoms with Crippen molar-refractivity contribution in [1.82, 2.24) is 5.32 Å². The van der Waals surface area contributed by atoms with Crippen molar-refractivity contribution in [2.45, 2.75) is 12.8 Å². The number of rotatable bonds is 3. The quantitative estimate of drug-likeness (QED) is 0.871. The zero-order valence-corrected chi connectivity index (χ0v) is 10.6. The summed E-state index contributed by atoms with van der Waals surface area (Å²) in [5, 5.41) is 12.0. The number of phenols is 1. The second kappa shape index (κ2) is 6.00. The Kier molecular flexibility index (Phi) is 4.13. The van der Waals surface area contributed by atoms with Crippen LogP contribution in [-0.4, -0.2) is 23.8 Å². The molecule has 0 aromatic heterocycles. The molecule has 0 bridgehead atoms. The Morgan fingerprint density at radius 1 is 1.32 bits per heavy atom. The average molecular weight is 256 g/mol. The second-order valence-corrected chi connectivity index (χ2v) is 4.32. The highest BCUT2D eigenvalue weighted by Crippen LogP contribution is 2.15. The molecule has 0 saturated heterocycles. The van der Waals surface area contributed by atoms with Gasteiger partial charge in [-0.1, -0.05) is 12.7 Å². The van der Waals surface area contributed by atoms with Crippen LogP contribution in [0.1, 0.15) is 18.4 Å². The number of amides is 1. The summed E-state index contributed by atoms with van der Waals surface area (Å²) in [7, 11) is 0. The van der Waals surface area contributed by atoms with Crippen molar-refractivity contribution in [3.63, 3.8) is 0 Å². The van der Waals surface area contributed by atoms with Crippen LogP contribution in [0.4, 0.5) is 0 Å². The molecule has 1 aliphatic rings. The summed E-state index contributed by atoms with van der Waals surface area (Å²) in [6, 6.07) is 6.51. The topological polar surface area (TPSA) is 61.7 Å². The van der Waals surface area contributed by atoms with Gasteiger partial charge in [-0.25, -0.2) is 0 Å². The van der Waals surface area contributed by atoms with Gasteiger partial charge in [0, 0.05) is 18.5 Å². The van der Waals surface area contributed by atoms with Crippen molar-refractivity contribution < 1.29 is 9.90 Å². The van der Waals surface area contributed by atoms with Crippen molar-refractivity contribution >= 4 is 17.8 Å². The van der Waals surface area contributed by atoms with Crippen LogP contribution in [-0.2, 0) is 4.79 Å². The lowest BCUT2D eigenvalue weighted by molar-refractivity contribution is -0.115. The molecule has 4 nitrogen and oxygen atoms in total. The van der Waals surface area contributed by atoms with Crippen LogP contribution in [0.25, 0.3) is 5.70 Å². The number of carbonyl (C=O) groups excluding carboxylic acids is 1. The van der Waals surface area contributed by atoms with Gasteiger partial charge in [0.15, 0.2) is 0 Å². The number of aromatic hydroxyl groups is 1. The van der Waals surface area contributed by atoms with Gasteiger partial charge >= 0.3 is 0 Å². The lowest BCUT2D eigenvalue weighted by Gasteiger charge is -2.08. The summed E-state index contributed by atoms with van der Waals surface area (Å²) in [6.45, 7) is 4.58. The molecule has 98 valence electrons. The molecule has 19 heavy (non-hydrogen) atoms. The maximum atomic E-state index is 12.0. The fourth-order valence-electron chi connectivity index (χ4n) is 1.75. The lowest BCUT2D eigenvalue weighted by atomic mass is 10.1. The van der Waals surface area contributed by atoms with Crippen LogP contribution in [0, 0.1) is 0 Å². The van der Waals surface area contributed by atoms with Gasteiger partial charge < -0.3 is 10.4 Å². The Bertz CT molecular complexity index is 542. The van der Waals surface area contributed by atoms with E-state index in [4.69, 9.17) is 0 Å². The number of allylic oxidation sites excluding steroid dienone is 1.